The highest BCUT2D eigenvalue weighted by Crippen LogP contribution is 2.24. The van der Waals surface area contributed by atoms with E-state index in [2.05, 4.69) is 19.2 Å². The van der Waals surface area contributed by atoms with E-state index in [1.165, 1.54) is 0 Å². The van der Waals surface area contributed by atoms with Crippen LogP contribution in [0.3, 0.4) is 0 Å². The summed E-state index contributed by atoms with van der Waals surface area (Å²) < 4.78 is 5.53. The van der Waals surface area contributed by atoms with E-state index in [4.69, 9.17) is 4.74 Å². The maximum Gasteiger partial charge on any atom is 0.246 e. The van der Waals surface area contributed by atoms with Gasteiger partial charge < -0.3 is 15.0 Å². The number of hydrogen-bond donors (Lipinski definition) is 1. The molecule has 5 heteroatoms. The van der Waals surface area contributed by atoms with Gasteiger partial charge in [0.25, 0.3) is 0 Å². The van der Waals surface area contributed by atoms with Crippen molar-refractivity contribution in [3.8, 4) is 0 Å². The average Bonchev–Trinajstić information content (AvgIpc) is 2.35. The van der Waals surface area contributed by atoms with Crippen LogP contribution in [-0.2, 0) is 14.3 Å². The highest BCUT2D eigenvalue weighted by molar-refractivity contribution is 5.99. The summed E-state index contributed by atoms with van der Waals surface area (Å²) in [5, 5.41) is 2.74. The molecule has 19 heavy (non-hydrogen) atoms. The summed E-state index contributed by atoms with van der Waals surface area (Å²) in [5.41, 5.74) is -0.759. The van der Waals surface area contributed by atoms with Crippen molar-refractivity contribution in [1.82, 2.24) is 10.2 Å². The molecule has 1 heterocycles. The minimum absolute atomic E-state index is 0.0305. The number of hydrogen-bond acceptors (Lipinski definition) is 3. The van der Waals surface area contributed by atoms with E-state index >= 15 is 0 Å². The normalized spacial score (nSPS) is 27.9. The molecule has 0 saturated carbocycles. The minimum atomic E-state index is -0.759. The predicted molar refractivity (Wildman–Crippen MR) is 73.7 cm³/mol. The van der Waals surface area contributed by atoms with Crippen LogP contribution in [0.5, 0.6) is 0 Å². The Kier molecular flexibility index (Phi) is 5.35. The molecule has 1 aliphatic heterocycles. The van der Waals surface area contributed by atoms with E-state index in [0.717, 1.165) is 0 Å². The van der Waals surface area contributed by atoms with Gasteiger partial charge in [0.05, 0.1) is 6.61 Å². The van der Waals surface area contributed by atoms with Gasteiger partial charge in [-0.15, -0.1) is 0 Å². The number of amides is 2. The monoisotopic (exact) mass is 270 g/mol. The Morgan fingerprint density at radius 3 is 2.58 bits per heavy atom. The van der Waals surface area contributed by atoms with E-state index in [9.17, 15) is 9.59 Å². The summed E-state index contributed by atoms with van der Waals surface area (Å²) in [7, 11) is 0. The number of ether oxygens (including phenoxy) is 1. The molecule has 1 rings (SSSR count). The quantitative estimate of drug-likeness (QED) is 0.737. The Labute approximate surface area is 115 Å². The zero-order valence-corrected chi connectivity index (χ0v) is 12.7. The summed E-state index contributed by atoms with van der Waals surface area (Å²) in [4.78, 5) is 26.0. The van der Waals surface area contributed by atoms with Crippen LogP contribution in [0.1, 0.15) is 41.0 Å². The van der Waals surface area contributed by atoms with Crippen LogP contribution in [-0.4, -0.2) is 48.1 Å². The van der Waals surface area contributed by atoms with Gasteiger partial charge in [0.15, 0.2) is 0 Å². The van der Waals surface area contributed by atoms with Crippen LogP contribution in [0.2, 0.25) is 0 Å². The van der Waals surface area contributed by atoms with Crippen molar-refractivity contribution in [3.63, 3.8) is 0 Å². The van der Waals surface area contributed by atoms with Gasteiger partial charge in [0.1, 0.15) is 11.6 Å². The third-order valence-corrected chi connectivity index (χ3v) is 3.67. The lowest BCUT2D eigenvalue weighted by molar-refractivity contribution is -0.157. The second-order valence-electron chi connectivity index (χ2n) is 5.78. The fourth-order valence-electron chi connectivity index (χ4n) is 2.20. The molecule has 1 N–H and O–H groups in total. The molecule has 2 amide bonds. The molecular formula is C14H26N2O3. The number of carbonyl (C=O) groups is 2. The number of rotatable bonds is 6. The zero-order chi connectivity index (χ0) is 14.6. The van der Waals surface area contributed by atoms with Crippen LogP contribution in [0.15, 0.2) is 0 Å². The Morgan fingerprint density at radius 2 is 2.05 bits per heavy atom. The first kappa shape index (κ1) is 16.0. The largest absolute Gasteiger partial charge is 0.379 e. The Hall–Kier alpha value is -1.10. The summed E-state index contributed by atoms with van der Waals surface area (Å²) in [6, 6.07) is -0.447. The Morgan fingerprint density at radius 1 is 1.42 bits per heavy atom. The highest BCUT2D eigenvalue weighted by Gasteiger charge is 2.46. The number of nitrogens with zero attached hydrogens (tertiary/aromatic N) is 1. The molecule has 0 aromatic carbocycles. The van der Waals surface area contributed by atoms with Gasteiger partial charge in [0, 0.05) is 13.2 Å². The molecule has 0 aromatic rings. The van der Waals surface area contributed by atoms with Gasteiger partial charge in [-0.05, 0) is 26.2 Å². The molecular weight excluding hydrogens is 244 g/mol. The van der Waals surface area contributed by atoms with Crippen molar-refractivity contribution in [3.05, 3.63) is 0 Å². The van der Waals surface area contributed by atoms with Gasteiger partial charge in [-0.3, -0.25) is 9.59 Å². The molecule has 0 aliphatic carbocycles. The van der Waals surface area contributed by atoms with E-state index in [0.29, 0.717) is 32.1 Å². The number of nitrogens with one attached hydrogen (secondary N) is 1. The van der Waals surface area contributed by atoms with Gasteiger partial charge in [-0.2, -0.15) is 0 Å². The second kappa shape index (κ2) is 6.37. The molecule has 1 aliphatic rings. The lowest BCUT2D eigenvalue weighted by Crippen LogP contribution is -2.69. The molecule has 0 radical (unpaired) electrons. The first-order valence-corrected chi connectivity index (χ1v) is 7.03. The third-order valence-electron chi connectivity index (χ3n) is 3.67. The molecule has 1 saturated heterocycles. The zero-order valence-electron chi connectivity index (χ0n) is 12.7. The molecule has 2 unspecified atom stereocenters. The van der Waals surface area contributed by atoms with Crippen LogP contribution in [0.4, 0.5) is 0 Å². The first-order chi connectivity index (χ1) is 8.82. The van der Waals surface area contributed by atoms with Crippen molar-refractivity contribution in [1.29, 1.82) is 0 Å². The van der Waals surface area contributed by atoms with E-state index in [-0.39, 0.29) is 11.8 Å². The standard InChI is InChI=1S/C14H26N2O3/c1-6-14(5)13(18)15-11(4)12(17)16(14)7-8-19-9-10(2)3/h10-11H,6-9H2,1-5H3,(H,15,18). The van der Waals surface area contributed by atoms with E-state index < -0.39 is 11.6 Å². The molecule has 5 nitrogen and oxygen atoms in total. The molecule has 1 fully saturated rings. The fraction of sp³-hybridized carbons (Fsp3) is 0.857. The van der Waals surface area contributed by atoms with Gasteiger partial charge in [0.2, 0.25) is 11.8 Å². The molecule has 0 bridgehead atoms. The van der Waals surface area contributed by atoms with Gasteiger partial charge >= 0.3 is 0 Å². The summed E-state index contributed by atoms with van der Waals surface area (Å²) >= 11 is 0. The Bertz CT molecular complexity index is 344. The van der Waals surface area contributed by atoms with Crippen molar-refractivity contribution >= 4 is 11.8 Å². The number of carbonyl (C=O) groups excluding carboxylic acids is 2. The average molecular weight is 270 g/mol. The SMILES string of the molecule is CCC1(C)C(=O)NC(C)C(=O)N1CCOCC(C)C. The predicted octanol–water partition coefficient (Wildman–Crippen LogP) is 1.17. The maximum atomic E-state index is 12.2. The Balaban J connectivity index is 2.68. The van der Waals surface area contributed by atoms with Gasteiger partial charge in [-0.25, -0.2) is 0 Å². The van der Waals surface area contributed by atoms with Crippen molar-refractivity contribution in [2.75, 3.05) is 19.8 Å². The van der Waals surface area contributed by atoms with Crippen molar-refractivity contribution < 1.29 is 14.3 Å². The van der Waals surface area contributed by atoms with E-state index in [1.54, 1.807) is 11.8 Å². The number of piperazine rings is 1. The molecule has 110 valence electrons. The fourth-order valence-corrected chi connectivity index (χ4v) is 2.20. The van der Waals surface area contributed by atoms with Crippen LogP contribution >= 0.6 is 0 Å². The van der Waals surface area contributed by atoms with Crippen molar-refractivity contribution in [2.24, 2.45) is 5.92 Å². The maximum absolute atomic E-state index is 12.2. The first-order valence-electron chi connectivity index (χ1n) is 7.03. The van der Waals surface area contributed by atoms with Crippen LogP contribution in [0.25, 0.3) is 0 Å². The smallest absolute Gasteiger partial charge is 0.246 e. The summed E-state index contributed by atoms with van der Waals surface area (Å²) in [6.07, 6.45) is 0.599. The molecule has 2 atom stereocenters. The molecule has 0 spiro atoms. The summed E-state index contributed by atoms with van der Waals surface area (Å²) in [6.45, 7) is 11.2. The van der Waals surface area contributed by atoms with Crippen LogP contribution in [0, 0.1) is 5.92 Å². The molecule has 0 aromatic heterocycles. The minimum Gasteiger partial charge on any atom is -0.379 e. The second-order valence-corrected chi connectivity index (χ2v) is 5.78. The highest BCUT2D eigenvalue weighted by atomic mass is 16.5. The third kappa shape index (κ3) is 3.47. The lowest BCUT2D eigenvalue weighted by atomic mass is 9.91. The van der Waals surface area contributed by atoms with Crippen LogP contribution < -0.4 is 5.32 Å². The van der Waals surface area contributed by atoms with Gasteiger partial charge in [-0.1, -0.05) is 20.8 Å². The summed E-state index contributed by atoms with van der Waals surface area (Å²) in [5.74, 6) is 0.361. The van der Waals surface area contributed by atoms with E-state index in [1.807, 2.05) is 13.8 Å². The lowest BCUT2D eigenvalue weighted by Gasteiger charge is -2.45. The van der Waals surface area contributed by atoms with Crippen molar-refractivity contribution in [2.45, 2.75) is 52.6 Å². The topological polar surface area (TPSA) is 58.6 Å².